The third-order valence-electron chi connectivity index (χ3n) is 4.21. The second kappa shape index (κ2) is 8.87. The van der Waals surface area contributed by atoms with Gasteiger partial charge in [-0.15, -0.1) is 0 Å². The van der Waals surface area contributed by atoms with Gasteiger partial charge in [0.1, 0.15) is 0 Å². The lowest BCUT2D eigenvalue weighted by Gasteiger charge is -2.38. The fourth-order valence-electron chi connectivity index (χ4n) is 2.89. The number of aliphatic carboxylic acids is 1. The number of carbonyl (C=O) groups is 2. The van der Waals surface area contributed by atoms with Gasteiger partial charge in [-0.3, -0.25) is 4.79 Å². The van der Waals surface area contributed by atoms with Gasteiger partial charge in [0, 0.05) is 32.8 Å². The zero-order valence-electron chi connectivity index (χ0n) is 13.4. The first-order valence-electron chi connectivity index (χ1n) is 7.82. The third kappa shape index (κ3) is 4.88. The topological polar surface area (TPSA) is 70.1 Å². The van der Waals surface area contributed by atoms with E-state index in [-0.39, 0.29) is 12.1 Å². The summed E-state index contributed by atoms with van der Waals surface area (Å²) in [4.78, 5) is 27.4. The molecule has 0 saturated carbocycles. The van der Waals surface area contributed by atoms with Gasteiger partial charge in [0.25, 0.3) is 0 Å². The number of nitrogens with zero attached hydrogens (tertiary/aromatic N) is 2. The molecule has 1 N–H and O–H groups in total. The monoisotopic (exact) mass is 300 g/mol. The average molecular weight is 300 g/mol. The van der Waals surface area contributed by atoms with Gasteiger partial charge in [-0.25, -0.2) is 4.79 Å². The van der Waals surface area contributed by atoms with Crippen LogP contribution in [0.3, 0.4) is 0 Å². The molecule has 1 saturated heterocycles. The van der Waals surface area contributed by atoms with Crippen molar-refractivity contribution in [1.82, 2.24) is 9.80 Å². The van der Waals surface area contributed by atoms with Gasteiger partial charge >= 0.3 is 12.0 Å². The van der Waals surface area contributed by atoms with Crippen LogP contribution in [0.4, 0.5) is 4.79 Å². The molecule has 6 heteroatoms. The Kier molecular flexibility index (Phi) is 7.50. The molecule has 1 aliphatic heterocycles. The molecule has 1 rings (SSSR count). The maximum absolute atomic E-state index is 12.7. The number of ether oxygens (including phenoxy) is 1. The fraction of sp³-hybridized carbons (Fsp3) is 0.867. The van der Waals surface area contributed by atoms with Crippen molar-refractivity contribution in [1.29, 1.82) is 0 Å². The Morgan fingerprint density at radius 1 is 1.38 bits per heavy atom. The molecule has 21 heavy (non-hydrogen) atoms. The van der Waals surface area contributed by atoms with Gasteiger partial charge in [0.05, 0.1) is 12.5 Å². The molecule has 0 unspecified atom stereocenters. The minimum absolute atomic E-state index is 0.0494. The third-order valence-corrected chi connectivity index (χ3v) is 4.21. The molecule has 6 nitrogen and oxygen atoms in total. The molecule has 0 radical (unpaired) electrons. The Morgan fingerprint density at radius 2 is 2.05 bits per heavy atom. The summed E-state index contributed by atoms with van der Waals surface area (Å²) in [6.07, 6.45) is 3.19. The van der Waals surface area contributed by atoms with Crippen LogP contribution in [0.15, 0.2) is 0 Å². The number of carboxylic acids is 1. The van der Waals surface area contributed by atoms with Crippen LogP contribution in [0.2, 0.25) is 0 Å². The Hall–Kier alpha value is -1.30. The van der Waals surface area contributed by atoms with Crippen LogP contribution in [0.1, 0.15) is 39.5 Å². The van der Waals surface area contributed by atoms with E-state index in [1.807, 2.05) is 4.90 Å². The molecular formula is C15H28N2O4. The quantitative estimate of drug-likeness (QED) is 0.781. The second-order valence-corrected chi connectivity index (χ2v) is 5.56. The molecule has 0 aromatic heterocycles. The molecule has 0 aromatic rings. The van der Waals surface area contributed by atoms with Gasteiger partial charge in [-0.2, -0.15) is 0 Å². The number of amides is 2. The van der Waals surface area contributed by atoms with Crippen molar-refractivity contribution in [2.45, 2.75) is 45.6 Å². The molecule has 1 heterocycles. The summed E-state index contributed by atoms with van der Waals surface area (Å²) in [6.45, 7) is 6.15. The van der Waals surface area contributed by atoms with Crippen LogP contribution in [0.5, 0.6) is 0 Å². The number of rotatable bonds is 7. The van der Waals surface area contributed by atoms with Crippen LogP contribution in [-0.2, 0) is 9.53 Å². The van der Waals surface area contributed by atoms with E-state index in [2.05, 4.69) is 13.8 Å². The van der Waals surface area contributed by atoms with Crippen molar-refractivity contribution in [3.8, 4) is 0 Å². The van der Waals surface area contributed by atoms with Crippen molar-refractivity contribution in [3.63, 3.8) is 0 Å². The summed E-state index contributed by atoms with van der Waals surface area (Å²) in [5, 5.41) is 9.15. The number of methoxy groups -OCH3 is 1. The zero-order valence-corrected chi connectivity index (χ0v) is 13.4. The summed E-state index contributed by atoms with van der Waals surface area (Å²) in [5.41, 5.74) is 0. The highest BCUT2D eigenvalue weighted by Gasteiger charge is 2.32. The largest absolute Gasteiger partial charge is 0.481 e. The second-order valence-electron chi connectivity index (χ2n) is 5.56. The maximum Gasteiger partial charge on any atom is 0.320 e. The standard InChI is InChI=1S/C15H28N2O4/c1-4-13(5-2)17(9-10-21-3)15(20)16-8-6-7-12(11-16)14(18)19/h12-13H,4-11H2,1-3H3,(H,18,19)/t12-/m1/s1. The van der Waals surface area contributed by atoms with Gasteiger partial charge in [0.15, 0.2) is 0 Å². The van der Waals surface area contributed by atoms with Crippen molar-refractivity contribution < 1.29 is 19.4 Å². The van der Waals surface area contributed by atoms with Gasteiger partial charge in [-0.05, 0) is 25.7 Å². The van der Waals surface area contributed by atoms with Crippen LogP contribution < -0.4 is 0 Å². The Bertz CT molecular complexity index is 345. The Morgan fingerprint density at radius 3 is 2.57 bits per heavy atom. The number of hydrogen-bond acceptors (Lipinski definition) is 3. The smallest absolute Gasteiger partial charge is 0.320 e. The van der Waals surface area contributed by atoms with Crippen molar-refractivity contribution in [2.75, 3.05) is 33.4 Å². The van der Waals surface area contributed by atoms with Crippen molar-refractivity contribution in [2.24, 2.45) is 5.92 Å². The number of carboxylic acid groups (broad SMARTS) is 1. The average Bonchev–Trinajstić information content (AvgIpc) is 2.51. The number of urea groups is 1. The minimum Gasteiger partial charge on any atom is -0.481 e. The van der Waals surface area contributed by atoms with E-state index in [1.54, 1.807) is 12.0 Å². The predicted molar refractivity (Wildman–Crippen MR) is 80.3 cm³/mol. The van der Waals surface area contributed by atoms with Crippen LogP contribution in [0.25, 0.3) is 0 Å². The lowest BCUT2D eigenvalue weighted by molar-refractivity contribution is -0.143. The van der Waals surface area contributed by atoms with E-state index in [0.29, 0.717) is 32.7 Å². The molecule has 0 bridgehead atoms. The zero-order chi connectivity index (χ0) is 15.8. The van der Waals surface area contributed by atoms with E-state index < -0.39 is 11.9 Å². The normalized spacial score (nSPS) is 18.9. The SMILES string of the molecule is CCC(CC)N(CCOC)C(=O)N1CCC[C@@H](C(=O)O)C1. The highest BCUT2D eigenvalue weighted by molar-refractivity contribution is 5.77. The highest BCUT2D eigenvalue weighted by atomic mass is 16.5. The molecule has 0 aromatic carbocycles. The summed E-state index contributed by atoms with van der Waals surface area (Å²) in [7, 11) is 1.62. The summed E-state index contributed by atoms with van der Waals surface area (Å²) in [5.74, 6) is -1.24. The summed E-state index contributed by atoms with van der Waals surface area (Å²) >= 11 is 0. The number of piperidine rings is 1. The molecule has 2 amide bonds. The molecular weight excluding hydrogens is 272 g/mol. The lowest BCUT2D eigenvalue weighted by atomic mass is 9.98. The minimum atomic E-state index is -0.807. The first-order chi connectivity index (χ1) is 10.0. The number of carbonyl (C=O) groups excluding carboxylic acids is 1. The van der Waals surface area contributed by atoms with E-state index in [9.17, 15) is 9.59 Å². The molecule has 1 aliphatic rings. The highest BCUT2D eigenvalue weighted by Crippen LogP contribution is 2.20. The first-order valence-corrected chi connectivity index (χ1v) is 7.82. The van der Waals surface area contributed by atoms with Crippen molar-refractivity contribution in [3.05, 3.63) is 0 Å². The van der Waals surface area contributed by atoms with Crippen molar-refractivity contribution >= 4 is 12.0 Å². The fourth-order valence-corrected chi connectivity index (χ4v) is 2.89. The Balaban J connectivity index is 2.75. The van der Waals surface area contributed by atoms with E-state index in [1.165, 1.54) is 0 Å². The van der Waals surface area contributed by atoms with Crippen LogP contribution in [0, 0.1) is 5.92 Å². The van der Waals surface area contributed by atoms with Gasteiger partial charge in [-0.1, -0.05) is 13.8 Å². The molecule has 1 fully saturated rings. The van der Waals surface area contributed by atoms with Gasteiger partial charge < -0.3 is 19.6 Å². The summed E-state index contributed by atoms with van der Waals surface area (Å²) < 4.78 is 5.10. The molecule has 0 spiro atoms. The van der Waals surface area contributed by atoms with E-state index in [4.69, 9.17) is 9.84 Å². The molecule has 0 aliphatic carbocycles. The van der Waals surface area contributed by atoms with E-state index in [0.717, 1.165) is 19.3 Å². The predicted octanol–water partition coefficient (Wildman–Crippen LogP) is 2.04. The lowest BCUT2D eigenvalue weighted by Crippen LogP contribution is -2.52. The Labute approximate surface area is 127 Å². The number of hydrogen-bond donors (Lipinski definition) is 1. The molecule has 122 valence electrons. The maximum atomic E-state index is 12.7. The van der Waals surface area contributed by atoms with Crippen LogP contribution in [-0.4, -0.2) is 66.3 Å². The number of likely N-dealkylation sites (tertiary alicyclic amines) is 1. The van der Waals surface area contributed by atoms with Crippen LogP contribution >= 0.6 is 0 Å². The van der Waals surface area contributed by atoms with Gasteiger partial charge in [0.2, 0.25) is 0 Å². The molecule has 1 atom stereocenters. The van der Waals surface area contributed by atoms with E-state index >= 15 is 0 Å². The first kappa shape index (κ1) is 17.8. The summed E-state index contributed by atoms with van der Waals surface area (Å²) in [6, 6.07) is 0.129.